The van der Waals surface area contributed by atoms with Crippen LogP contribution in [0.2, 0.25) is 0 Å². The lowest BCUT2D eigenvalue weighted by Crippen LogP contribution is -2.42. The predicted molar refractivity (Wildman–Crippen MR) is 133 cm³/mol. The normalized spacial score (nSPS) is 11.8. The van der Waals surface area contributed by atoms with Gasteiger partial charge in [0.15, 0.2) is 5.75 Å². The molecular weight excluding hydrogens is 414 g/mol. The minimum atomic E-state index is -1.04. The number of amides is 1. The molecule has 1 aromatic rings. The third-order valence-electron chi connectivity index (χ3n) is 5.73. The highest BCUT2D eigenvalue weighted by Gasteiger charge is 2.20. The number of nitrogens with one attached hydrogen (secondary N) is 1. The summed E-state index contributed by atoms with van der Waals surface area (Å²) >= 11 is 0. The molecule has 1 amide bonds. The number of hydrogen-bond donors (Lipinski definition) is 2. The van der Waals surface area contributed by atoms with Gasteiger partial charge in [-0.3, -0.25) is 4.79 Å². The molecule has 2 N–H and O–H groups in total. The van der Waals surface area contributed by atoms with Gasteiger partial charge in [-0.05, 0) is 50.3 Å². The number of carbonyl (C=O) groups is 2. The van der Waals surface area contributed by atoms with Gasteiger partial charge in [0, 0.05) is 18.4 Å². The predicted octanol–water partition coefficient (Wildman–Crippen LogP) is 6.44. The maximum atomic E-state index is 12.2. The molecule has 5 nitrogen and oxygen atoms in total. The lowest BCUT2D eigenvalue weighted by Gasteiger charge is -2.14. The first-order valence-corrected chi connectivity index (χ1v) is 12.7. The Morgan fingerprint density at radius 3 is 2.09 bits per heavy atom. The van der Waals surface area contributed by atoms with E-state index in [0.29, 0.717) is 17.7 Å². The van der Waals surface area contributed by atoms with Gasteiger partial charge in [0.2, 0.25) is 5.91 Å². The van der Waals surface area contributed by atoms with Crippen molar-refractivity contribution in [3.05, 3.63) is 42.0 Å². The summed E-state index contributed by atoms with van der Waals surface area (Å²) in [6.45, 7) is 2.25. The molecule has 33 heavy (non-hydrogen) atoms. The van der Waals surface area contributed by atoms with Crippen LogP contribution in [0.4, 0.5) is 0 Å². The molecule has 1 unspecified atom stereocenters. The quantitative estimate of drug-likeness (QED) is 0.174. The average molecular weight is 458 g/mol. The zero-order chi connectivity index (χ0) is 24.2. The molecule has 0 aromatic heterocycles. The maximum Gasteiger partial charge on any atom is 0.326 e. The number of carboxylic acid groups (broad SMARTS) is 1. The highest BCUT2D eigenvalue weighted by Crippen LogP contribution is 2.11. The van der Waals surface area contributed by atoms with Crippen LogP contribution >= 0.6 is 0 Å². The second-order valence-electron chi connectivity index (χ2n) is 8.67. The van der Waals surface area contributed by atoms with E-state index in [2.05, 4.69) is 36.5 Å². The molecule has 1 atom stereocenters. The minimum absolute atomic E-state index is 0.175. The van der Waals surface area contributed by atoms with E-state index in [4.69, 9.17) is 4.74 Å². The van der Waals surface area contributed by atoms with Gasteiger partial charge in [-0.15, -0.1) is 0 Å². The van der Waals surface area contributed by atoms with Crippen molar-refractivity contribution in [3.63, 3.8) is 0 Å². The monoisotopic (exact) mass is 457 g/mol. The molecule has 184 valence electrons. The van der Waals surface area contributed by atoms with E-state index in [9.17, 15) is 14.7 Å². The molecule has 0 aliphatic heterocycles. The number of aliphatic carboxylic acids is 1. The van der Waals surface area contributed by atoms with Crippen LogP contribution in [0.15, 0.2) is 24.3 Å². The Morgan fingerprint density at radius 1 is 0.939 bits per heavy atom. The molecule has 0 fully saturated rings. The molecule has 0 saturated heterocycles. The molecule has 1 aromatic carbocycles. The van der Waals surface area contributed by atoms with Gasteiger partial charge in [0.25, 0.3) is 0 Å². The summed E-state index contributed by atoms with van der Waals surface area (Å²) in [5, 5.41) is 12.0. The Hall–Kier alpha value is -2.48. The first-order chi connectivity index (χ1) is 16.1. The van der Waals surface area contributed by atoms with Crippen LogP contribution in [0.3, 0.4) is 0 Å². The van der Waals surface area contributed by atoms with Gasteiger partial charge < -0.3 is 15.2 Å². The number of hydrogen-bond acceptors (Lipinski definition) is 3. The second-order valence-corrected chi connectivity index (χ2v) is 8.67. The topological polar surface area (TPSA) is 75.6 Å². The number of methoxy groups -OCH3 is 1. The summed E-state index contributed by atoms with van der Waals surface area (Å²) < 4.78 is 5.03. The van der Waals surface area contributed by atoms with Crippen LogP contribution in [-0.2, 0) is 16.0 Å². The second kappa shape index (κ2) is 19.0. The molecule has 0 aliphatic rings. The Balaban J connectivity index is 2.06. The van der Waals surface area contributed by atoms with E-state index >= 15 is 0 Å². The number of rotatable bonds is 20. The summed E-state index contributed by atoms with van der Waals surface area (Å²) in [4.78, 5) is 23.7. The van der Waals surface area contributed by atoms with Gasteiger partial charge in [-0.1, -0.05) is 76.5 Å². The van der Waals surface area contributed by atoms with E-state index in [0.717, 1.165) is 25.7 Å². The van der Waals surface area contributed by atoms with Crippen molar-refractivity contribution in [2.24, 2.45) is 0 Å². The smallest absolute Gasteiger partial charge is 0.326 e. The molecule has 1 rings (SSSR count). The van der Waals surface area contributed by atoms with Gasteiger partial charge in [0.05, 0.1) is 7.11 Å². The van der Waals surface area contributed by atoms with E-state index in [1.807, 2.05) is 0 Å². The van der Waals surface area contributed by atoms with E-state index in [1.165, 1.54) is 64.9 Å². The number of ether oxygens (including phenoxy) is 1. The number of carboxylic acids is 1. The van der Waals surface area contributed by atoms with Crippen LogP contribution in [0.25, 0.3) is 0 Å². The van der Waals surface area contributed by atoms with Crippen molar-refractivity contribution >= 4 is 11.9 Å². The van der Waals surface area contributed by atoms with Crippen LogP contribution in [0, 0.1) is 12.1 Å². The third-order valence-corrected chi connectivity index (χ3v) is 5.73. The number of carbonyl (C=O) groups excluding carboxylic acids is 1. The minimum Gasteiger partial charge on any atom is -0.489 e. The molecular formula is C28H43NO4. The zero-order valence-electron chi connectivity index (χ0n) is 20.7. The van der Waals surface area contributed by atoms with Crippen molar-refractivity contribution < 1.29 is 19.4 Å². The van der Waals surface area contributed by atoms with Crippen LogP contribution in [0.5, 0.6) is 5.75 Å². The van der Waals surface area contributed by atoms with Crippen LogP contribution in [-0.4, -0.2) is 30.1 Å². The summed E-state index contributed by atoms with van der Waals surface area (Å²) in [5.74, 6) is -0.714. The molecule has 5 heteroatoms. The van der Waals surface area contributed by atoms with Crippen molar-refractivity contribution in [2.45, 2.75) is 109 Å². The van der Waals surface area contributed by atoms with E-state index in [1.54, 1.807) is 12.1 Å². The first-order valence-electron chi connectivity index (χ1n) is 12.7. The summed E-state index contributed by atoms with van der Waals surface area (Å²) in [6.07, 6.45) is 20.8. The zero-order valence-corrected chi connectivity index (χ0v) is 20.7. The maximum absolute atomic E-state index is 12.2. The molecule has 0 bridgehead atoms. The molecule has 0 radical (unpaired) electrons. The standard InChI is InChI=1S/C28H43NO4/c1-3-4-5-6-7-8-9-10-11-12-13-14-15-16-17-18-27(30)29-26(28(31)32)23-24-19-21-25(33-2)22-20-24/h10-11,19,21,26H,3-9,12-18,23H2,1-2H3,(H,29,30)(H,31,32). The van der Waals surface area contributed by atoms with Crippen molar-refractivity contribution in [1.29, 1.82) is 0 Å². The molecule has 0 spiro atoms. The fourth-order valence-corrected chi connectivity index (χ4v) is 3.68. The number of allylic oxidation sites excluding steroid dienone is 2. The highest BCUT2D eigenvalue weighted by atomic mass is 16.5. The Labute approximate surface area is 201 Å². The first kappa shape index (κ1) is 28.6. The molecule has 0 aliphatic carbocycles. The Bertz CT molecular complexity index is 669. The Kier molecular flexibility index (Phi) is 16.5. The van der Waals surface area contributed by atoms with Gasteiger partial charge in [-0.2, -0.15) is 0 Å². The lowest BCUT2D eigenvalue weighted by atomic mass is 10.1. The molecule has 0 heterocycles. The summed E-state index contributed by atoms with van der Waals surface area (Å²) in [7, 11) is 1.54. The lowest BCUT2D eigenvalue weighted by molar-refractivity contribution is -0.141. The van der Waals surface area contributed by atoms with Crippen LogP contribution in [0.1, 0.15) is 102 Å². The highest BCUT2D eigenvalue weighted by molar-refractivity contribution is 5.83. The average Bonchev–Trinajstić information content (AvgIpc) is 2.81. The largest absolute Gasteiger partial charge is 0.489 e. The number of unbranched alkanes of at least 4 members (excludes halogenated alkanes) is 11. The van der Waals surface area contributed by atoms with Gasteiger partial charge in [0.1, 0.15) is 6.04 Å². The third kappa shape index (κ3) is 15.1. The summed E-state index contributed by atoms with van der Waals surface area (Å²) in [6, 6.07) is 8.17. The fourth-order valence-electron chi connectivity index (χ4n) is 3.68. The van der Waals surface area contributed by atoms with Gasteiger partial charge in [-0.25, -0.2) is 4.79 Å². The van der Waals surface area contributed by atoms with Crippen molar-refractivity contribution in [2.75, 3.05) is 7.11 Å². The van der Waals surface area contributed by atoms with Crippen LogP contribution < -0.4 is 10.1 Å². The van der Waals surface area contributed by atoms with E-state index < -0.39 is 12.0 Å². The van der Waals surface area contributed by atoms with Crippen molar-refractivity contribution in [1.82, 2.24) is 5.32 Å². The SMILES string of the molecule is CCCCCCCCC=CCCCCCCCC(=O)NC(Cc1c#cc(OC)cc1)C(=O)O. The fraction of sp³-hybridized carbons (Fsp3) is 0.643. The summed E-state index contributed by atoms with van der Waals surface area (Å²) in [5.41, 5.74) is 0.671. The molecule has 0 saturated carbocycles. The van der Waals surface area contributed by atoms with E-state index in [-0.39, 0.29) is 12.3 Å². The van der Waals surface area contributed by atoms with Crippen molar-refractivity contribution in [3.8, 4) is 5.75 Å². The van der Waals surface area contributed by atoms with Gasteiger partial charge >= 0.3 is 5.97 Å². The Morgan fingerprint density at radius 2 is 1.55 bits per heavy atom.